The van der Waals surface area contributed by atoms with Crippen LogP contribution in [0.1, 0.15) is 67.2 Å². The van der Waals surface area contributed by atoms with Gasteiger partial charge in [-0.3, -0.25) is 23.9 Å². The molecule has 4 amide bonds. The molecule has 7 rings (SSSR count). The molecule has 0 atom stereocenters. The number of aromatic hydroxyl groups is 1. The number of rotatable bonds is 6. The monoisotopic (exact) mass is 899 g/mol. The zero-order valence-electron chi connectivity index (χ0n) is 35.9. The number of carbonyl (C=O) groups excluding carboxylic acids is 4. The number of carbonyl (C=O) groups is 4. The number of phenols is 1. The zero-order valence-corrected chi connectivity index (χ0v) is 36.7. The number of benzene rings is 3. The Hall–Kier alpha value is -6.35. The Morgan fingerprint density at radius 1 is 0.746 bits per heavy atom. The lowest BCUT2D eigenvalue weighted by molar-refractivity contribution is -0.387. The normalized spacial score (nSPS) is 16.7. The van der Waals surface area contributed by atoms with E-state index >= 15 is 0 Å². The summed E-state index contributed by atoms with van der Waals surface area (Å²) in [5.74, 6) is 1.65. The fraction of sp³-hybridized carbons (Fsp3) is 0.476. The number of hydrogen-bond acceptors (Lipinski definition) is 15. The van der Waals surface area contributed by atoms with Crippen molar-refractivity contribution in [3.8, 4) is 23.0 Å². The number of likely N-dealkylation sites (tertiary alicyclic amines) is 2. The summed E-state index contributed by atoms with van der Waals surface area (Å²) in [6.45, 7) is 12.7. The first-order valence-corrected chi connectivity index (χ1v) is 21.6. The predicted octanol–water partition coefficient (Wildman–Crippen LogP) is 6.22. The van der Waals surface area contributed by atoms with E-state index in [1.165, 1.54) is 29.2 Å². The topological polar surface area (TPSA) is 252 Å². The molecular formula is C42H53N5O15S. The van der Waals surface area contributed by atoms with Gasteiger partial charge in [-0.1, -0.05) is 12.1 Å². The molecule has 0 bridgehead atoms. The summed E-state index contributed by atoms with van der Waals surface area (Å²) in [6.07, 6.45) is 0.684. The predicted molar refractivity (Wildman–Crippen MR) is 226 cm³/mol. The van der Waals surface area contributed by atoms with Gasteiger partial charge in [0.1, 0.15) is 40.3 Å². The van der Waals surface area contributed by atoms with E-state index < -0.39 is 49.0 Å². The molecule has 63 heavy (non-hydrogen) atoms. The highest BCUT2D eigenvalue weighted by atomic mass is 32.2. The first kappa shape index (κ1) is 47.7. The van der Waals surface area contributed by atoms with Crippen LogP contribution in [0.5, 0.6) is 23.0 Å². The van der Waals surface area contributed by atoms with Crippen LogP contribution < -0.4 is 24.8 Å². The van der Waals surface area contributed by atoms with Crippen molar-refractivity contribution in [2.45, 2.75) is 95.5 Å². The van der Waals surface area contributed by atoms with Gasteiger partial charge in [-0.05, 0) is 84.7 Å². The van der Waals surface area contributed by atoms with Crippen molar-refractivity contribution in [3.63, 3.8) is 0 Å². The molecule has 3 N–H and O–H groups in total. The van der Waals surface area contributed by atoms with Crippen LogP contribution in [0.2, 0.25) is 0 Å². The van der Waals surface area contributed by atoms with E-state index in [-0.39, 0.29) is 56.1 Å². The van der Waals surface area contributed by atoms with Crippen LogP contribution in [-0.4, -0.2) is 115 Å². The van der Waals surface area contributed by atoms with E-state index in [4.69, 9.17) is 33.0 Å². The molecule has 4 heterocycles. The van der Waals surface area contributed by atoms with Gasteiger partial charge in [0.2, 0.25) is 0 Å². The van der Waals surface area contributed by atoms with Gasteiger partial charge in [0.25, 0.3) is 17.5 Å². The fourth-order valence-electron chi connectivity index (χ4n) is 6.39. The van der Waals surface area contributed by atoms with Crippen molar-refractivity contribution >= 4 is 51.2 Å². The number of piperidine rings is 2. The molecule has 4 aliphatic rings. The van der Waals surface area contributed by atoms with Gasteiger partial charge < -0.3 is 49.2 Å². The number of amides is 4. The maximum atomic E-state index is 12.4. The third kappa shape index (κ3) is 14.4. The van der Waals surface area contributed by atoms with Crippen LogP contribution in [0.3, 0.4) is 0 Å². The van der Waals surface area contributed by atoms with Crippen molar-refractivity contribution < 1.29 is 65.5 Å². The van der Waals surface area contributed by atoms with Crippen molar-refractivity contribution in [1.29, 1.82) is 0 Å². The van der Waals surface area contributed by atoms with Crippen molar-refractivity contribution in [1.82, 2.24) is 9.80 Å². The Bertz CT molecular complexity index is 2260. The fourth-order valence-corrected chi connectivity index (χ4v) is 7.69. The second-order valence-electron chi connectivity index (χ2n) is 16.7. The maximum absolute atomic E-state index is 12.4. The average Bonchev–Trinajstić information content (AvgIpc) is 3.20. The first-order valence-electron chi connectivity index (χ1n) is 20.2. The summed E-state index contributed by atoms with van der Waals surface area (Å²) < 4.78 is 57.0. The Morgan fingerprint density at radius 3 is 1.73 bits per heavy atom. The molecule has 0 aliphatic carbocycles. The van der Waals surface area contributed by atoms with Crippen molar-refractivity contribution in [2.24, 2.45) is 0 Å². The molecule has 20 nitrogen and oxygen atoms in total. The summed E-state index contributed by atoms with van der Waals surface area (Å²) >= 11 is 0. The van der Waals surface area contributed by atoms with Gasteiger partial charge in [0.15, 0.2) is 18.1 Å². The Kier molecular flexibility index (Phi) is 15.3. The van der Waals surface area contributed by atoms with E-state index in [9.17, 15) is 37.7 Å². The SMILES string of the molecule is CC(C)(C)OC(=O)N1CCC(OS(=O)(=O)c2ccccc2[N+](=O)[O-])CC1.CC(C)(C)OC(=O)N1CCC(Oc2ccc3c(c2)NC(=O)CO3)CC1.O=C1COc2ccc(O)cc2N1. The number of ether oxygens (including phenoxy) is 5. The van der Waals surface area contributed by atoms with E-state index in [1.807, 2.05) is 26.8 Å². The molecule has 0 radical (unpaired) electrons. The van der Waals surface area contributed by atoms with Crippen molar-refractivity contribution in [3.05, 3.63) is 70.8 Å². The molecule has 0 unspecified atom stereocenters. The smallest absolute Gasteiger partial charge is 0.410 e. The van der Waals surface area contributed by atoms with Crippen LogP contribution in [0.4, 0.5) is 26.7 Å². The minimum absolute atomic E-state index is 0.0250. The number of para-hydroxylation sites is 1. The molecule has 0 spiro atoms. The average molecular weight is 900 g/mol. The van der Waals surface area contributed by atoms with Gasteiger partial charge in [-0.15, -0.1) is 0 Å². The minimum Gasteiger partial charge on any atom is -0.508 e. The van der Waals surface area contributed by atoms with E-state index in [2.05, 4.69) is 10.6 Å². The molecule has 4 aliphatic heterocycles. The molecule has 0 saturated carbocycles. The van der Waals surface area contributed by atoms with Crippen molar-refractivity contribution in [2.75, 3.05) is 50.0 Å². The molecule has 2 fully saturated rings. The van der Waals surface area contributed by atoms with Crippen LogP contribution in [0.25, 0.3) is 0 Å². The highest BCUT2D eigenvalue weighted by Crippen LogP contribution is 2.33. The summed E-state index contributed by atoms with van der Waals surface area (Å²) in [7, 11) is -4.28. The molecule has 3 aromatic rings. The van der Waals surface area contributed by atoms with Crippen LogP contribution in [0.15, 0.2) is 65.6 Å². The number of hydrogen-bond donors (Lipinski definition) is 3. The van der Waals surface area contributed by atoms with Gasteiger partial charge in [0.05, 0.1) is 22.4 Å². The summed E-state index contributed by atoms with van der Waals surface area (Å²) in [6, 6.07) is 15.0. The highest BCUT2D eigenvalue weighted by Gasteiger charge is 2.33. The van der Waals surface area contributed by atoms with E-state index in [0.717, 1.165) is 25.0 Å². The largest absolute Gasteiger partial charge is 0.508 e. The third-order valence-corrected chi connectivity index (χ3v) is 10.7. The molecule has 21 heteroatoms. The lowest BCUT2D eigenvalue weighted by atomic mass is 10.1. The summed E-state index contributed by atoms with van der Waals surface area (Å²) in [5, 5.41) is 25.4. The lowest BCUT2D eigenvalue weighted by Gasteiger charge is -2.33. The number of phenolic OH excluding ortho intramolecular Hbond substituents is 1. The second-order valence-corrected chi connectivity index (χ2v) is 18.3. The quantitative estimate of drug-likeness (QED) is 0.141. The molecular weight excluding hydrogens is 847 g/mol. The number of nitro benzene ring substituents is 1. The molecule has 2 saturated heterocycles. The minimum atomic E-state index is -4.28. The number of fused-ring (bicyclic) bond motifs is 2. The van der Waals surface area contributed by atoms with Gasteiger partial charge >= 0.3 is 22.3 Å². The van der Waals surface area contributed by atoms with Crippen LogP contribution in [-0.2, 0) is 33.4 Å². The van der Waals surface area contributed by atoms with E-state index in [0.29, 0.717) is 54.6 Å². The van der Waals surface area contributed by atoms with Crippen LogP contribution >= 0.6 is 0 Å². The number of nitrogens with one attached hydrogen (secondary N) is 2. The number of anilines is 2. The Balaban J connectivity index is 0.000000189. The Morgan fingerprint density at radius 2 is 1.22 bits per heavy atom. The lowest BCUT2D eigenvalue weighted by Crippen LogP contribution is -2.44. The molecule has 342 valence electrons. The number of nitro groups is 1. The zero-order chi connectivity index (χ0) is 46.1. The third-order valence-electron chi connectivity index (χ3n) is 9.26. The summed E-state index contributed by atoms with van der Waals surface area (Å²) in [5.41, 5.74) is -0.482. The van der Waals surface area contributed by atoms with Gasteiger partial charge in [0, 0.05) is 57.2 Å². The molecule has 0 aromatic heterocycles. The highest BCUT2D eigenvalue weighted by molar-refractivity contribution is 7.87. The number of nitrogens with zero attached hydrogens (tertiary/aromatic N) is 3. The summed E-state index contributed by atoms with van der Waals surface area (Å²) in [4.78, 5) is 59.3. The molecule has 3 aromatic carbocycles. The first-order chi connectivity index (χ1) is 29.5. The second kappa shape index (κ2) is 20.2. The standard InChI is InChI=1S/C18H24N2O5.C16H22N2O7S.C8H7NO3/c1-18(2,3)25-17(22)20-8-6-12(7-9-20)24-13-4-5-15-14(10-13)19-16(21)11-23-15;1-16(2,3)24-15(19)17-10-8-12(9-11-17)25-26(22,23)14-7-5-4-6-13(14)18(20)21;10-5-1-2-7-6(3-5)9-8(11)4-12-7/h4-5,10,12H,6-9,11H2,1-3H3,(H,19,21);4-7,12H,8-11H2,1-3H3;1-3,10H,4H2,(H,9,11). The van der Waals surface area contributed by atoms with Gasteiger partial charge in [-0.2, -0.15) is 8.42 Å². The maximum Gasteiger partial charge on any atom is 0.410 e. The van der Waals surface area contributed by atoms with Crippen LogP contribution in [0, 0.1) is 10.1 Å². The van der Waals surface area contributed by atoms with E-state index in [1.54, 1.807) is 43.9 Å². The van der Waals surface area contributed by atoms with Gasteiger partial charge in [-0.25, -0.2) is 9.59 Å². The Labute approximate surface area is 365 Å².